The molecule has 7 heteroatoms. The van der Waals surface area contributed by atoms with Gasteiger partial charge in [0.1, 0.15) is 12.4 Å². The van der Waals surface area contributed by atoms with E-state index in [2.05, 4.69) is 24.1 Å². The van der Waals surface area contributed by atoms with Crippen molar-refractivity contribution in [2.75, 3.05) is 13.1 Å². The molecule has 0 aliphatic carbocycles. The summed E-state index contributed by atoms with van der Waals surface area (Å²) in [7, 11) is 0. The molecule has 1 aromatic heterocycles. The third-order valence-electron chi connectivity index (χ3n) is 4.50. The number of amides is 1. The lowest BCUT2D eigenvalue weighted by Gasteiger charge is -2.38. The van der Waals surface area contributed by atoms with Crippen LogP contribution in [-0.2, 0) is 6.61 Å². The number of ether oxygens (including phenoxy) is 1. The van der Waals surface area contributed by atoms with Crippen molar-refractivity contribution in [1.82, 2.24) is 15.2 Å². The maximum atomic E-state index is 12.8. The van der Waals surface area contributed by atoms with E-state index in [4.69, 9.17) is 4.74 Å². The van der Waals surface area contributed by atoms with Gasteiger partial charge < -0.3 is 15.0 Å². The summed E-state index contributed by atoms with van der Waals surface area (Å²) in [6.07, 6.45) is 3.51. The highest BCUT2D eigenvalue weighted by atomic mass is 35.5. The molecule has 5 nitrogen and oxygen atoms in total. The molecular weight excluding hydrogens is 373 g/mol. The van der Waals surface area contributed by atoms with E-state index in [9.17, 15) is 4.79 Å². The molecule has 0 bridgehead atoms. The quantitative estimate of drug-likeness (QED) is 0.859. The first kappa shape index (κ1) is 22.2. The number of piperazine rings is 1. The largest absolute Gasteiger partial charge is 0.489 e. The van der Waals surface area contributed by atoms with Gasteiger partial charge >= 0.3 is 0 Å². The summed E-state index contributed by atoms with van der Waals surface area (Å²) in [6, 6.07) is 11.7. The minimum atomic E-state index is 0. The molecule has 0 saturated carbocycles. The van der Waals surface area contributed by atoms with Crippen molar-refractivity contribution in [3.63, 3.8) is 0 Å². The van der Waals surface area contributed by atoms with Gasteiger partial charge in [-0.05, 0) is 38.1 Å². The lowest BCUT2D eigenvalue weighted by molar-refractivity contribution is 0.0602. The Hall–Kier alpha value is -1.82. The highest BCUT2D eigenvalue weighted by molar-refractivity contribution is 5.95. The normalized spacial score (nSPS) is 19.1. The van der Waals surface area contributed by atoms with Crippen LogP contribution in [0.3, 0.4) is 0 Å². The number of aromatic nitrogens is 1. The van der Waals surface area contributed by atoms with Gasteiger partial charge in [-0.2, -0.15) is 0 Å². The summed E-state index contributed by atoms with van der Waals surface area (Å²) < 4.78 is 5.80. The van der Waals surface area contributed by atoms with Crippen LogP contribution >= 0.6 is 24.8 Å². The molecule has 1 amide bonds. The zero-order valence-electron chi connectivity index (χ0n) is 14.9. The Kier molecular flexibility index (Phi) is 8.85. The van der Waals surface area contributed by atoms with Gasteiger partial charge in [-0.15, -0.1) is 24.8 Å². The van der Waals surface area contributed by atoms with Gasteiger partial charge in [-0.1, -0.05) is 12.1 Å². The number of rotatable bonds is 4. The highest BCUT2D eigenvalue weighted by Gasteiger charge is 2.28. The van der Waals surface area contributed by atoms with E-state index >= 15 is 0 Å². The zero-order chi connectivity index (χ0) is 16.9. The number of carbonyl (C=O) groups is 1. The summed E-state index contributed by atoms with van der Waals surface area (Å²) in [5.41, 5.74) is 1.67. The van der Waals surface area contributed by atoms with Gasteiger partial charge in [0, 0.05) is 48.7 Å². The lowest BCUT2D eigenvalue weighted by atomic mass is 10.1. The SMILES string of the molecule is CC1NCCN(C(=O)c2cccc(OCc3cccnc3)c2)C1C.Cl.Cl. The van der Waals surface area contributed by atoms with Crippen molar-refractivity contribution in [2.45, 2.75) is 32.5 Å². The molecule has 0 spiro atoms. The Bertz CT molecular complexity index is 700. The zero-order valence-corrected chi connectivity index (χ0v) is 16.6. The predicted octanol–water partition coefficient (Wildman–Crippen LogP) is 3.33. The average Bonchev–Trinajstić information content (AvgIpc) is 2.63. The van der Waals surface area contributed by atoms with Crippen LogP contribution in [0.1, 0.15) is 29.8 Å². The molecular formula is C19H25Cl2N3O2. The second-order valence-electron chi connectivity index (χ2n) is 6.16. The van der Waals surface area contributed by atoms with Gasteiger partial charge in [-0.25, -0.2) is 0 Å². The third kappa shape index (κ3) is 5.34. The van der Waals surface area contributed by atoms with Crippen LogP contribution < -0.4 is 10.1 Å². The summed E-state index contributed by atoms with van der Waals surface area (Å²) in [6.45, 7) is 6.18. The topological polar surface area (TPSA) is 54.5 Å². The summed E-state index contributed by atoms with van der Waals surface area (Å²) in [5, 5.41) is 3.39. The Morgan fingerprint density at radius 1 is 1.27 bits per heavy atom. The minimum Gasteiger partial charge on any atom is -0.489 e. The van der Waals surface area contributed by atoms with Crippen molar-refractivity contribution in [1.29, 1.82) is 0 Å². The molecule has 2 unspecified atom stereocenters. The summed E-state index contributed by atoms with van der Waals surface area (Å²) >= 11 is 0. The van der Waals surface area contributed by atoms with Crippen LogP contribution in [0.25, 0.3) is 0 Å². The van der Waals surface area contributed by atoms with Gasteiger partial charge in [0.2, 0.25) is 0 Å². The van der Waals surface area contributed by atoms with E-state index in [0.29, 0.717) is 24.0 Å². The first-order valence-electron chi connectivity index (χ1n) is 8.31. The van der Waals surface area contributed by atoms with Crippen molar-refractivity contribution < 1.29 is 9.53 Å². The number of hydrogen-bond donors (Lipinski definition) is 1. The fourth-order valence-electron chi connectivity index (χ4n) is 2.88. The van der Waals surface area contributed by atoms with Crippen LogP contribution in [0.5, 0.6) is 5.75 Å². The standard InChI is InChI=1S/C19H23N3O2.2ClH/c1-14-15(2)22(10-9-21-14)19(23)17-6-3-7-18(11-17)24-13-16-5-4-8-20-12-16;;/h3-8,11-12,14-15,21H,9-10,13H2,1-2H3;2*1H. The van der Waals surface area contributed by atoms with Crippen LogP contribution in [0, 0.1) is 0 Å². The molecule has 2 aromatic rings. The minimum absolute atomic E-state index is 0. The fraction of sp³-hybridized carbons (Fsp3) is 0.368. The molecule has 0 radical (unpaired) electrons. The lowest BCUT2D eigenvalue weighted by Crippen LogP contribution is -2.57. The number of pyridine rings is 1. The van der Waals surface area contributed by atoms with E-state index in [1.807, 2.05) is 41.3 Å². The molecule has 1 fully saturated rings. The summed E-state index contributed by atoms with van der Waals surface area (Å²) in [4.78, 5) is 18.8. The molecule has 2 heterocycles. The predicted molar refractivity (Wildman–Crippen MR) is 107 cm³/mol. The highest BCUT2D eigenvalue weighted by Crippen LogP contribution is 2.19. The van der Waals surface area contributed by atoms with Crippen molar-refractivity contribution in [3.05, 3.63) is 59.9 Å². The number of benzene rings is 1. The Balaban J connectivity index is 0.00000169. The van der Waals surface area contributed by atoms with Crippen LogP contribution in [-0.4, -0.2) is 41.0 Å². The molecule has 1 aromatic carbocycles. The van der Waals surface area contributed by atoms with Gasteiger partial charge in [0.15, 0.2) is 0 Å². The summed E-state index contributed by atoms with van der Waals surface area (Å²) in [5.74, 6) is 0.753. The third-order valence-corrected chi connectivity index (χ3v) is 4.50. The molecule has 1 saturated heterocycles. The van der Waals surface area contributed by atoms with E-state index in [-0.39, 0.29) is 36.8 Å². The molecule has 3 rings (SSSR count). The van der Waals surface area contributed by atoms with Crippen LogP contribution in [0.4, 0.5) is 0 Å². The van der Waals surface area contributed by atoms with E-state index in [1.54, 1.807) is 12.4 Å². The van der Waals surface area contributed by atoms with Crippen LogP contribution in [0.15, 0.2) is 48.8 Å². The number of halogens is 2. The van der Waals surface area contributed by atoms with Crippen molar-refractivity contribution >= 4 is 30.7 Å². The molecule has 1 N–H and O–H groups in total. The Morgan fingerprint density at radius 2 is 2.08 bits per heavy atom. The molecule has 1 aliphatic heterocycles. The maximum absolute atomic E-state index is 12.8. The first-order chi connectivity index (χ1) is 11.6. The average molecular weight is 398 g/mol. The van der Waals surface area contributed by atoms with Gasteiger partial charge in [-0.3, -0.25) is 9.78 Å². The van der Waals surface area contributed by atoms with Crippen molar-refractivity contribution in [3.8, 4) is 5.75 Å². The monoisotopic (exact) mass is 397 g/mol. The molecule has 26 heavy (non-hydrogen) atoms. The number of nitrogens with zero attached hydrogens (tertiary/aromatic N) is 2. The number of hydrogen-bond acceptors (Lipinski definition) is 4. The van der Waals surface area contributed by atoms with Crippen molar-refractivity contribution in [2.24, 2.45) is 0 Å². The first-order valence-corrected chi connectivity index (χ1v) is 8.31. The second kappa shape index (κ2) is 10.4. The van der Waals surface area contributed by atoms with Crippen LogP contribution in [0.2, 0.25) is 0 Å². The Labute approximate surface area is 167 Å². The molecule has 1 aliphatic rings. The van der Waals surface area contributed by atoms with E-state index in [0.717, 1.165) is 18.7 Å². The van der Waals surface area contributed by atoms with E-state index in [1.165, 1.54) is 0 Å². The van der Waals surface area contributed by atoms with E-state index < -0.39 is 0 Å². The fourth-order valence-corrected chi connectivity index (χ4v) is 2.88. The Morgan fingerprint density at radius 3 is 2.81 bits per heavy atom. The molecule has 2 atom stereocenters. The second-order valence-corrected chi connectivity index (χ2v) is 6.16. The maximum Gasteiger partial charge on any atom is 0.254 e. The molecule has 142 valence electrons. The smallest absolute Gasteiger partial charge is 0.254 e. The van der Waals surface area contributed by atoms with Gasteiger partial charge in [0.05, 0.1) is 0 Å². The number of nitrogens with one attached hydrogen (secondary N) is 1. The number of carbonyl (C=O) groups excluding carboxylic acids is 1. The van der Waals surface area contributed by atoms with Gasteiger partial charge in [0.25, 0.3) is 5.91 Å².